The van der Waals surface area contributed by atoms with Gasteiger partial charge in [0, 0.05) is 68.2 Å². The molecule has 0 bridgehead atoms. The Kier molecular flexibility index (Phi) is 6.03. The molecule has 0 aliphatic rings. The SMILES string of the molecule is c1ccc(-n2c3ccccc3c3ccc(N(c4ccc5sc6ccccc6c5c4)c4cccc5sc6cc7ccccc7cc6c45)cc32)cc1. The largest absolute Gasteiger partial charge is 0.310 e. The maximum Gasteiger partial charge on any atom is 0.0561 e. The molecule has 11 rings (SSSR count). The summed E-state index contributed by atoms with van der Waals surface area (Å²) in [6.07, 6.45) is 0. The van der Waals surface area contributed by atoms with E-state index in [0.717, 1.165) is 17.1 Å². The molecular weight excluding hydrogens is 645 g/mol. The second kappa shape index (κ2) is 10.8. The monoisotopic (exact) mass is 672 g/mol. The molecule has 50 heavy (non-hydrogen) atoms. The smallest absolute Gasteiger partial charge is 0.0561 e. The van der Waals surface area contributed by atoms with E-state index in [-0.39, 0.29) is 0 Å². The molecule has 0 atom stereocenters. The van der Waals surface area contributed by atoms with Gasteiger partial charge < -0.3 is 9.47 Å². The molecule has 0 fully saturated rings. The lowest BCUT2D eigenvalue weighted by molar-refractivity contribution is 1.18. The Morgan fingerprint density at radius 2 is 1.04 bits per heavy atom. The molecule has 11 aromatic rings. The Morgan fingerprint density at radius 1 is 0.380 bits per heavy atom. The van der Waals surface area contributed by atoms with Gasteiger partial charge in [-0.25, -0.2) is 0 Å². The van der Waals surface area contributed by atoms with Gasteiger partial charge in [-0.1, -0.05) is 91.0 Å². The van der Waals surface area contributed by atoms with Gasteiger partial charge in [0.2, 0.25) is 0 Å². The summed E-state index contributed by atoms with van der Waals surface area (Å²) < 4.78 is 7.64. The van der Waals surface area contributed by atoms with Gasteiger partial charge in [-0.2, -0.15) is 0 Å². The molecule has 0 N–H and O–H groups in total. The normalized spacial score (nSPS) is 12.0. The van der Waals surface area contributed by atoms with Gasteiger partial charge in [0.25, 0.3) is 0 Å². The standard InChI is InChI=1S/C46H28N2S2/c1-2-13-31(14-3-1)48-39-17-8-6-15-34(39)35-23-21-33(28-41(35)48)47(32-22-24-43-37(27-32)36-16-7-9-19-42(36)49-43)40-18-10-20-44-46(40)38-25-29-11-4-5-12-30(29)26-45(38)50-44/h1-28H. The van der Waals surface area contributed by atoms with Crippen molar-refractivity contribution in [1.29, 1.82) is 0 Å². The van der Waals surface area contributed by atoms with Gasteiger partial charge >= 0.3 is 0 Å². The molecule has 2 nitrogen and oxygen atoms in total. The summed E-state index contributed by atoms with van der Waals surface area (Å²) in [6, 6.07) is 62.5. The van der Waals surface area contributed by atoms with Crippen molar-refractivity contribution in [3.63, 3.8) is 0 Å². The Hall–Kier alpha value is -5.94. The second-order valence-electron chi connectivity index (χ2n) is 13.0. The first-order valence-electron chi connectivity index (χ1n) is 16.9. The van der Waals surface area contributed by atoms with Gasteiger partial charge in [-0.05, 0) is 89.6 Å². The first-order chi connectivity index (χ1) is 24.8. The van der Waals surface area contributed by atoms with Crippen LogP contribution >= 0.6 is 22.7 Å². The van der Waals surface area contributed by atoms with E-state index in [4.69, 9.17) is 0 Å². The van der Waals surface area contributed by atoms with Crippen LogP contribution in [0, 0.1) is 0 Å². The average molecular weight is 673 g/mol. The molecule has 3 aromatic heterocycles. The van der Waals surface area contributed by atoms with Crippen molar-refractivity contribution in [1.82, 2.24) is 4.57 Å². The quantitative estimate of drug-likeness (QED) is 0.181. The van der Waals surface area contributed by atoms with Crippen LogP contribution < -0.4 is 4.90 Å². The molecule has 0 amide bonds. The number of hydrogen-bond acceptors (Lipinski definition) is 3. The van der Waals surface area contributed by atoms with E-state index < -0.39 is 0 Å². The molecule has 0 saturated heterocycles. The maximum absolute atomic E-state index is 2.49. The van der Waals surface area contributed by atoms with Crippen molar-refractivity contribution in [2.24, 2.45) is 0 Å². The van der Waals surface area contributed by atoms with Crippen LogP contribution in [0.2, 0.25) is 0 Å². The zero-order chi connectivity index (χ0) is 32.8. The molecule has 0 radical (unpaired) electrons. The van der Waals surface area contributed by atoms with E-state index >= 15 is 0 Å². The Balaban J connectivity index is 1.24. The minimum absolute atomic E-state index is 1.13. The summed E-state index contributed by atoms with van der Waals surface area (Å²) in [4.78, 5) is 2.49. The summed E-state index contributed by atoms with van der Waals surface area (Å²) in [5, 5.41) is 10.2. The zero-order valence-corrected chi connectivity index (χ0v) is 28.5. The first-order valence-corrected chi connectivity index (χ1v) is 18.6. The molecule has 0 saturated carbocycles. The van der Waals surface area contributed by atoms with E-state index in [1.54, 1.807) is 0 Å². The van der Waals surface area contributed by atoms with Crippen molar-refractivity contribution < 1.29 is 0 Å². The van der Waals surface area contributed by atoms with Gasteiger partial charge in [0.05, 0.1) is 16.7 Å². The highest BCUT2D eigenvalue weighted by atomic mass is 32.1. The molecule has 3 heterocycles. The molecule has 0 aliphatic heterocycles. The maximum atomic E-state index is 2.49. The molecule has 8 aromatic carbocycles. The van der Waals surface area contributed by atoms with E-state index in [1.807, 2.05) is 22.7 Å². The van der Waals surface area contributed by atoms with Crippen molar-refractivity contribution in [2.75, 3.05) is 4.90 Å². The van der Waals surface area contributed by atoms with Gasteiger partial charge in [-0.3, -0.25) is 0 Å². The fourth-order valence-electron chi connectivity index (χ4n) is 7.91. The highest BCUT2D eigenvalue weighted by molar-refractivity contribution is 7.26. The first kappa shape index (κ1) is 28.0. The van der Waals surface area contributed by atoms with Crippen LogP contribution in [-0.2, 0) is 0 Å². The molecule has 0 unspecified atom stereocenters. The molecular formula is C46H28N2S2. The number of thiophene rings is 2. The lowest BCUT2D eigenvalue weighted by atomic mass is 10.0. The molecule has 4 heteroatoms. The Labute approximate surface area is 296 Å². The molecule has 0 spiro atoms. The van der Waals surface area contributed by atoms with E-state index in [1.165, 1.54) is 78.6 Å². The minimum Gasteiger partial charge on any atom is -0.310 e. The number of anilines is 3. The predicted molar refractivity (Wildman–Crippen MR) is 219 cm³/mol. The fourth-order valence-corrected chi connectivity index (χ4v) is 10.2. The van der Waals surface area contributed by atoms with Crippen molar-refractivity contribution in [3.05, 3.63) is 170 Å². The predicted octanol–water partition coefficient (Wildman–Crippen LogP) is 14.1. The molecule has 0 aliphatic carbocycles. The van der Waals surface area contributed by atoms with Crippen LogP contribution in [0.25, 0.3) is 78.6 Å². The van der Waals surface area contributed by atoms with E-state index in [2.05, 4.69) is 179 Å². The van der Waals surface area contributed by atoms with Gasteiger partial charge in [0.15, 0.2) is 0 Å². The summed E-state index contributed by atoms with van der Waals surface area (Å²) in [7, 11) is 0. The van der Waals surface area contributed by atoms with Crippen LogP contribution in [-0.4, -0.2) is 4.57 Å². The third-order valence-electron chi connectivity index (χ3n) is 10.1. The second-order valence-corrected chi connectivity index (χ2v) is 15.1. The van der Waals surface area contributed by atoms with Crippen LogP contribution in [0.5, 0.6) is 0 Å². The van der Waals surface area contributed by atoms with Crippen molar-refractivity contribution in [2.45, 2.75) is 0 Å². The Bertz CT molecular complexity index is 3110. The minimum atomic E-state index is 1.13. The summed E-state index contributed by atoms with van der Waals surface area (Å²) in [5.41, 5.74) is 7.02. The number of rotatable bonds is 4. The number of benzene rings is 8. The van der Waals surface area contributed by atoms with Crippen molar-refractivity contribution in [3.8, 4) is 5.69 Å². The van der Waals surface area contributed by atoms with E-state index in [0.29, 0.717) is 0 Å². The number of aromatic nitrogens is 1. The number of fused-ring (bicyclic) bond motifs is 10. The van der Waals surface area contributed by atoms with Crippen molar-refractivity contribution >= 4 is 113 Å². The third-order valence-corrected chi connectivity index (χ3v) is 12.4. The van der Waals surface area contributed by atoms with Crippen LogP contribution in [0.15, 0.2) is 170 Å². The summed E-state index contributed by atoms with van der Waals surface area (Å²) in [6.45, 7) is 0. The average Bonchev–Trinajstić information content (AvgIpc) is 3.83. The van der Waals surface area contributed by atoms with Gasteiger partial charge in [0.1, 0.15) is 0 Å². The lowest BCUT2D eigenvalue weighted by Crippen LogP contribution is -2.10. The topological polar surface area (TPSA) is 8.17 Å². The summed E-state index contributed by atoms with van der Waals surface area (Å²) >= 11 is 3.74. The Morgan fingerprint density at radius 3 is 1.94 bits per heavy atom. The lowest BCUT2D eigenvalue weighted by Gasteiger charge is -2.27. The number of nitrogens with zero attached hydrogens (tertiary/aromatic N) is 2. The fraction of sp³-hybridized carbons (Fsp3) is 0. The highest BCUT2D eigenvalue weighted by Gasteiger charge is 2.22. The zero-order valence-electron chi connectivity index (χ0n) is 26.9. The van der Waals surface area contributed by atoms with E-state index in [9.17, 15) is 0 Å². The van der Waals surface area contributed by atoms with Gasteiger partial charge in [-0.15, -0.1) is 22.7 Å². The van der Waals surface area contributed by atoms with Crippen LogP contribution in [0.4, 0.5) is 17.1 Å². The highest BCUT2D eigenvalue weighted by Crippen LogP contribution is 2.48. The number of para-hydroxylation sites is 2. The molecule has 234 valence electrons. The number of hydrogen-bond donors (Lipinski definition) is 0. The van der Waals surface area contributed by atoms with Crippen LogP contribution in [0.1, 0.15) is 0 Å². The third kappa shape index (κ3) is 4.13. The van der Waals surface area contributed by atoms with Crippen LogP contribution in [0.3, 0.4) is 0 Å². The summed E-state index contributed by atoms with van der Waals surface area (Å²) in [5.74, 6) is 0.